The average Bonchev–Trinajstić information content (AvgIpc) is 2.73. The monoisotopic (exact) mass is 276 g/mol. The van der Waals surface area contributed by atoms with E-state index in [0.717, 1.165) is 17.5 Å². The highest BCUT2D eigenvalue weighted by Crippen LogP contribution is 2.39. The Kier molecular flexibility index (Phi) is 3.08. The topological polar surface area (TPSA) is 20.2 Å². The first-order valence-electron chi connectivity index (χ1n) is 6.33. The summed E-state index contributed by atoms with van der Waals surface area (Å²) in [5.74, 6) is -0.317. The molecular formula is C16H14ClFO. The minimum Gasteiger partial charge on any atom is -0.385 e. The number of hydrogen-bond acceptors (Lipinski definition) is 1. The van der Waals surface area contributed by atoms with E-state index in [0.29, 0.717) is 17.0 Å². The third-order valence-corrected chi connectivity index (χ3v) is 4.05. The van der Waals surface area contributed by atoms with Crippen molar-refractivity contribution in [1.29, 1.82) is 0 Å². The lowest BCUT2D eigenvalue weighted by Crippen LogP contribution is -2.25. The quantitative estimate of drug-likeness (QED) is 0.883. The van der Waals surface area contributed by atoms with Crippen LogP contribution in [0.25, 0.3) is 0 Å². The van der Waals surface area contributed by atoms with Gasteiger partial charge in [-0.15, -0.1) is 0 Å². The molecule has 1 unspecified atom stereocenters. The summed E-state index contributed by atoms with van der Waals surface area (Å²) in [6, 6.07) is 12.3. The summed E-state index contributed by atoms with van der Waals surface area (Å²) in [4.78, 5) is 0. The van der Waals surface area contributed by atoms with E-state index in [9.17, 15) is 9.50 Å². The molecule has 0 spiro atoms. The lowest BCUT2D eigenvalue weighted by molar-refractivity contribution is 0.0381. The lowest BCUT2D eigenvalue weighted by Gasteiger charge is -2.24. The number of hydrogen-bond donors (Lipinski definition) is 1. The zero-order valence-corrected chi connectivity index (χ0v) is 11.1. The van der Waals surface area contributed by atoms with Gasteiger partial charge < -0.3 is 5.11 Å². The van der Waals surface area contributed by atoms with Crippen LogP contribution in [0.1, 0.15) is 23.1 Å². The molecule has 0 aliphatic heterocycles. The molecule has 1 nitrogen and oxygen atoms in total. The molecule has 3 rings (SSSR count). The normalized spacial score (nSPS) is 21.4. The third-order valence-electron chi connectivity index (χ3n) is 3.82. The van der Waals surface area contributed by atoms with Gasteiger partial charge in [0.1, 0.15) is 5.82 Å². The van der Waals surface area contributed by atoms with E-state index in [2.05, 4.69) is 0 Å². The smallest absolute Gasteiger partial charge is 0.126 e. The van der Waals surface area contributed by atoms with Crippen LogP contribution in [0.3, 0.4) is 0 Å². The van der Waals surface area contributed by atoms with Crippen LogP contribution in [0.5, 0.6) is 0 Å². The maximum Gasteiger partial charge on any atom is 0.126 e. The second-order valence-corrected chi connectivity index (χ2v) is 5.54. The standard InChI is InChI=1S/C16H14ClFO/c17-13-5-6-15(18)12(9-13)10-16(19)8-7-11-3-1-2-4-14(11)16/h1-6,9,19H,7-8,10H2. The molecule has 1 aliphatic rings. The minimum absolute atomic E-state index is 0.260. The van der Waals surface area contributed by atoms with Crippen LogP contribution in [-0.2, 0) is 18.4 Å². The SMILES string of the molecule is OC1(Cc2cc(Cl)ccc2F)CCc2ccccc21. The van der Waals surface area contributed by atoms with Crippen molar-refractivity contribution >= 4 is 11.6 Å². The summed E-state index contributed by atoms with van der Waals surface area (Å²) in [7, 11) is 0. The molecule has 1 atom stereocenters. The van der Waals surface area contributed by atoms with Gasteiger partial charge in [-0.1, -0.05) is 35.9 Å². The fourth-order valence-electron chi connectivity index (χ4n) is 2.85. The van der Waals surface area contributed by atoms with E-state index in [1.165, 1.54) is 12.1 Å². The second-order valence-electron chi connectivity index (χ2n) is 5.10. The number of aliphatic hydroxyl groups is 1. The summed E-state index contributed by atoms with van der Waals surface area (Å²) >= 11 is 5.90. The number of benzene rings is 2. The van der Waals surface area contributed by atoms with E-state index in [-0.39, 0.29) is 12.2 Å². The summed E-state index contributed by atoms with van der Waals surface area (Å²) in [6.45, 7) is 0. The Labute approximate surface area is 116 Å². The molecule has 1 N–H and O–H groups in total. The Morgan fingerprint density at radius 1 is 1.21 bits per heavy atom. The van der Waals surface area contributed by atoms with Crippen LogP contribution in [0, 0.1) is 5.82 Å². The molecule has 1 aliphatic carbocycles. The summed E-state index contributed by atoms with van der Waals surface area (Å²) in [6.07, 6.45) is 1.71. The lowest BCUT2D eigenvalue weighted by atomic mass is 9.88. The Morgan fingerprint density at radius 2 is 2.00 bits per heavy atom. The van der Waals surface area contributed by atoms with Gasteiger partial charge in [-0.25, -0.2) is 4.39 Å². The predicted molar refractivity (Wildman–Crippen MR) is 73.8 cm³/mol. The molecule has 0 amide bonds. The molecule has 2 aromatic carbocycles. The van der Waals surface area contributed by atoms with E-state index < -0.39 is 5.60 Å². The van der Waals surface area contributed by atoms with Crippen LogP contribution < -0.4 is 0 Å². The van der Waals surface area contributed by atoms with E-state index >= 15 is 0 Å². The molecule has 0 radical (unpaired) electrons. The van der Waals surface area contributed by atoms with Crippen molar-refractivity contribution < 1.29 is 9.50 Å². The van der Waals surface area contributed by atoms with Crippen molar-refractivity contribution in [3.63, 3.8) is 0 Å². The van der Waals surface area contributed by atoms with Gasteiger partial charge in [-0.2, -0.15) is 0 Å². The highest BCUT2D eigenvalue weighted by atomic mass is 35.5. The largest absolute Gasteiger partial charge is 0.385 e. The molecule has 0 aromatic heterocycles. The summed E-state index contributed by atoms with van der Waals surface area (Å²) < 4.78 is 13.8. The van der Waals surface area contributed by atoms with Crippen LogP contribution >= 0.6 is 11.6 Å². The zero-order valence-electron chi connectivity index (χ0n) is 10.4. The van der Waals surface area contributed by atoms with Crippen molar-refractivity contribution in [3.8, 4) is 0 Å². The molecule has 0 saturated carbocycles. The second kappa shape index (κ2) is 4.62. The first-order valence-corrected chi connectivity index (χ1v) is 6.71. The van der Waals surface area contributed by atoms with Gasteiger partial charge in [0.15, 0.2) is 0 Å². The third kappa shape index (κ3) is 2.26. The Bertz CT molecular complexity index is 626. The molecule has 0 heterocycles. The first kappa shape index (κ1) is 12.6. The molecule has 0 bridgehead atoms. The van der Waals surface area contributed by atoms with Gasteiger partial charge in [0.2, 0.25) is 0 Å². The molecule has 19 heavy (non-hydrogen) atoms. The predicted octanol–water partition coefficient (Wildman–Crippen LogP) is 3.86. The molecule has 0 saturated heterocycles. The highest BCUT2D eigenvalue weighted by molar-refractivity contribution is 6.30. The van der Waals surface area contributed by atoms with Gasteiger partial charge in [-0.05, 0) is 47.7 Å². The van der Waals surface area contributed by atoms with Gasteiger partial charge in [0.25, 0.3) is 0 Å². The number of rotatable bonds is 2. The first-order chi connectivity index (χ1) is 9.08. The average molecular weight is 277 g/mol. The van der Waals surface area contributed by atoms with Gasteiger partial charge >= 0.3 is 0 Å². The fourth-order valence-corrected chi connectivity index (χ4v) is 3.04. The van der Waals surface area contributed by atoms with Gasteiger partial charge in [0.05, 0.1) is 5.60 Å². The highest BCUT2D eigenvalue weighted by Gasteiger charge is 2.36. The number of fused-ring (bicyclic) bond motifs is 1. The number of halogens is 2. The molecule has 3 heteroatoms. The Balaban J connectivity index is 1.98. The zero-order chi connectivity index (χ0) is 13.5. The van der Waals surface area contributed by atoms with E-state index in [1.54, 1.807) is 6.07 Å². The molecule has 0 fully saturated rings. The van der Waals surface area contributed by atoms with Gasteiger partial charge in [0, 0.05) is 11.4 Å². The Hall–Kier alpha value is -1.38. The molecule has 2 aromatic rings. The molecule has 98 valence electrons. The van der Waals surface area contributed by atoms with E-state index in [1.807, 2.05) is 24.3 Å². The van der Waals surface area contributed by atoms with Crippen LogP contribution in [-0.4, -0.2) is 5.11 Å². The van der Waals surface area contributed by atoms with Crippen molar-refractivity contribution in [2.24, 2.45) is 0 Å². The van der Waals surface area contributed by atoms with Crippen molar-refractivity contribution in [2.45, 2.75) is 24.9 Å². The van der Waals surface area contributed by atoms with Gasteiger partial charge in [-0.3, -0.25) is 0 Å². The van der Waals surface area contributed by atoms with Crippen LogP contribution in [0.4, 0.5) is 4.39 Å². The summed E-state index contributed by atoms with van der Waals surface area (Å²) in [5.41, 5.74) is 1.54. The maximum atomic E-state index is 13.8. The van der Waals surface area contributed by atoms with Crippen molar-refractivity contribution in [3.05, 3.63) is 70.0 Å². The van der Waals surface area contributed by atoms with Crippen LogP contribution in [0.2, 0.25) is 5.02 Å². The van der Waals surface area contributed by atoms with Crippen molar-refractivity contribution in [1.82, 2.24) is 0 Å². The maximum absolute atomic E-state index is 13.8. The number of aryl methyl sites for hydroxylation is 1. The summed E-state index contributed by atoms with van der Waals surface area (Å²) in [5, 5.41) is 11.3. The fraction of sp³-hybridized carbons (Fsp3) is 0.250. The van der Waals surface area contributed by atoms with Crippen LogP contribution in [0.15, 0.2) is 42.5 Å². The minimum atomic E-state index is -0.984. The Morgan fingerprint density at radius 3 is 2.84 bits per heavy atom. The van der Waals surface area contributed by atoms with E-state index in [4.69, 9.17) is 11.6 Å². The molecular weight excluding hydrogens is 263 g/mol. The van der Waals surface area contributed by atoms with Crippen molar-refractivity contribution in [2.75, 3.05) is 0 Å².